The lowest BCUT2D eigenvalue weighted by Gasteiger charge is -2.40. The lowest BCUT2D eigenvalue weighted by molar-refractivity contribution is 0.100. The van der Waals surface area contributed by atoms with Gasteiger partial charge >= 0.3 is 0 Å². The van der Waals surface area contributed by atoms with Crippen LogP contribution in [0.3, 0.4) is 0 Å². The van der Waals surface area contributed by atoms with Crippen LogP contribution in [-0.4, -0.2) is 67.1 Å². The van der Waals surface area contributed by atoms with E-state index in [-0.39, 0.29) is 24.8 Å². The highest BCUT2D eigenvalue weighted by molar-refractivity contribution is 7.16. The van der Waals surface area contributed by atoms with Gasteiger partial charge in [0.1, 0.15) is 10.7 Å². The number of piperazine rings is 1. The average molecular weight is 487 g/mol. The minimum atomic E-state index is 0. The van der Waals surface area contributed by atoms with E-state index in [1.165, 1.54) is 17.8 Å². The minimum Gasteiger partial charge on any atom is -0.385 e. The van der Waals surface area contributed by atoms with E-state index >= 15 is 0 Å². The smallest absolute Gasteiger partial charge is 0.158 e. The molecule has 3 heterocycles. The molecule has 0 aliphatic carbocycles. The maximum absolute atomic E-state index is 5.34. The number of likely N-dealkylation sites (N-methyl/N-ethyl adjacent to an activating group) is 1. The number of fused-ring (bicyclic) bond motifs is 2. The molecule has 1 saturated heterocycles. The first-order valence-electron chi connectivity index (χ1n) is 10.6. The van der Waals surface area contributed by atoms with Gasteiger partial charge in [0.25, 0.3) is 0 Å². The summed E-state index contributed by atoms with van der Waals surface area (Å²) in [7, 11) is 3.98. The van der Waals surface area contributed by atoms with Crippen molar-refractivity contribution in [2.45, 2.75) is 38.6 Å². The summed E-state index contributed by atoms with van der Waals surface area (Å²) in [6.45, 7) is 5.93. The fraction of sp³-hybridized carbons (Fsp3) is 0.545. The monoisotopic (exact) mass is 485 g/mol. The Morgan fingerprint density at radius 3 is 2.81 bits per heavy atom. The Balaban J connectivity index is 0.00000171. The van der Waals surface area contributed by atoms with Crippen molar-refractivity contribution in [3.8, 4) is 0 Å². The number of nitrogens with one attached hydrogen (secondary N) is 1. The van der Waals surface area contributed by atoms with Gasteiger partial charge < -0.3 is 15.0 Å². The fourth-order valence-corrected chi connectivity index (χ4v) is 4.94. The molecule has 1 aromatic heterocycles. The number of benzene rings is 1. The molecule has 1 N–H and O–H groups in total. The van der Waals surface area contributed by atoms with Crippen LogP contribution in [0.25, 0.3) is 0 Å². The van der Waals surface area contributed by atoms with E-state index in [9.17, 15) is 0 Å². The van der Waals surface area contributed by atoms with Gasteiger partial charge in [0.2, 0.25) is 0 Å². The molecule has 1 unspecified atom stereocenters. The number of aryl methyl sites for hydroxylation is 1. The molecule has 0 radical (unpaired) electrons. The molecule has 1 atom stereocenters. The number of thiazole rings is 1. The van der Waals surface area contributed by atoms with E-state index in [1.807, 2.05) is 6.07 Å². The summed E-state index contributed by atoms with van der Waals surface area (Å²) in [5.41, 5.74) is 3.04. The van der Waals surface area contributed by atoms with Crippen molar-refractivity contribution in [1.29, 1.82) is 0 Å². The zero-order chi connectivity index (χ0) is 20.2. The van der Waals surface area contributed by atoms with E-state index < -0.39 is 0 Å². The second kappa shape index (κ2) is 12.0. The van der Waals surface area contributed by atoms with Gasteiger partial charge in [0, 0.05) is 39.4 Å². The van der Waals surface area contributed by atoms with Crippen LogP contribution in [0.1, 0.15) is 36.9 Å². The third-order valence-corrected chi connectivity index (χ3v) is 6.77. The Labute approximate surface area is 201 Å². The highest BCUT2D eigenvalue weighted by Crippen LogP contribution is 2.38. The summed E-state index contributed by atoms with van der Waals surface area (Å²) in [4.78, 5) is 15.0. The Kier molecular flexibility index (Phi) is 10.0. The van der Waals surface area contributed by atoms with Crippen molar-refractivity contribution in [3.05, 3.63) is 35.0 Å². The number of unbranched alkanes of at least 4 members (excludes halogenated alkanes) is 1. The number of ether oxygens (including phenoxy) is 1. The molecule has 6 nitrogen and oxygen atoms in total. The van der Waals surface area contributed by atoms with Gasteiger partial charge in [0.15, 0.2) is 5.84 Å². The van der Waals surface area contributed by atoms with Crippen molar-refractivity contribution < 1.29 is 4.74 Å². The molecule has 4 rings (SSSR count). The quantitative estimate of drug-likeness (QED) is 0.615. The number of anilines is 2. The lowest BCUT2D eigenvalue weighted by Crippen LogP contribution is -2.53. The van der Waals surface area contributed by atoms with Crippen molar-refractivity contribution in [1.82, 2.24) is 14.8 Å². The molecular weight excluding hydrogens is 453 g/mol. The van der Waals surface area contributed by atoms with E-state index in [0.29, 0.717) is 6.04 Å². The molecule has 2 aliphatic heterocycles. The number of aliphatic imine (C=N–C) groups is 1. The van der Waals surface area contributed by atoms with Crippen molar-refractivity contribution in [2.24, 2.45) is 4.99 Å². The topological polar surface area (TPSA) is 53.0 Å². The van der Waals surface area contributed by atoms with Crippen LogP contribution in [0.15, 0.2) is 29.3 Å². The molecule has 31 heavy (non-hydrogen) atoms. The van der Waals surface area contributed by atoms with Crippen molar-refractivity contribution in [3.63, 3.8) is 0 Å². The number of halogens is 2. The molecule has 0 amide bonds. The first-order valence-corrected chi connectivity index (χ1v) is 11.4. The second-order valence-electron chi connectivity index (χ2n) is 7.83. The molecular formula is C22H33Cl2N5OS. The summed E-state index contributed by atoms with van der Waals surface area (Å²) in [5, 5.41) is 5.92. The molecule has 0 saturated carbocycles. The normalized spacial score (nSPS) is 18.0. The summed E-state index contributed by atoms with van der Waals surface area (Å²) in [6, 6.07) is 8.74. The molecule has 2 aromatic rings. The Hall–Kier alpha value is -1.38. The number of rotatable bonds is 6. The van der Waals surface area contributed by atoms with Crippen LogP contribution in [0.5, 0.6) is 0 Å². The van der Waals surface area contributed by atoms with Crippen LogP contribution in [0, 0.1) is 0 Å². The van der Waals surface area contributed by atoms with E-state index in [0.717, 1.165) is 67.0 Å². The Bertz CT molecular complexity index is 875. The molecule has 0 spiro atoms. The number of hydrogen-bond donors (Lipinski definition) is 1. The third-order valence-electron chi connectivity index (χ3n) is 5.74. The highest BCUT2D eigenvalue weighted by Gasteiger charge is 2.31. The zero-order valence-electron chi connectivity index (χ0n) is 18.5. The number of nitrogens with zero attached hydrogens (tertiary/aromatic N) is 4. The lowest BCUT2D eigenvalue weighted by atomic mass is 10.1. The van der Waals surface area contributed by atoms with Gasteiger partial charge in [-0.05, 0) is 38.4 Å². The second-order valence-corrected chi connectivity index (χ2v) is 8.91. The van der Waals surface area contributed by atoms with E-state index in [1.54, 1.807) is 18.4 Å². The van der Waals surface area contributed by atoms with Gasteiger partial charge in [-0.2, -0.15) is 0 Å². The number of hydrogen-bond acceptors (Lipinski definition) is 7. The molecule has 2 aliphatic rings. The zero-order valence-corrected chi connectivity index (χ0v) is 20.9. The highest BCUT2D eigenvalue weighted by atomic mass is 35.5. The minimum absolute atomic E-state index is 0. The summed E-state index contributed by atoms with van der Waals surface area (Å²) in [5.74, 6) is 1.01. The number of amidine groups is 1. The SMILES string of the molecule is CCCCc1nc2c(s1)Nc1ccccc1N=C2N1CCN(C)C(CCOC)C1.Cl.Cl. The predicted octanol–water partition coefficient (Wildman–Crippen LogP) is 5.12. The maximum atomic E-state index is 5.34. The van der Waals surface area contributed by atoms with Gasteiger partial charge in [-0.1, -0.05) is 25.5 Å². The van der Waals surface area contributed by atoms with Crippen LogP contribution in [-0.2, 0) is 11.2 Å². The number of para-hydroxylation sites is 2. The largest absolute Gasteiger partial charge is 0.385 e. The summed E-state index contributed by atoms with van der Waals surface area (Å²) >= 11 is 1.78. The molecule has 9 heteroatoms. The van der Waals surface area contributed by atoms with Gasteiger partial charge in [-0.3, -0.25) is 4.90 Å². The standard InChI is InChI=1S/C22H31N5OS.2ClH/c1-4-5-10-19-25-20-21(27-13-12-26(2)16(15-27)11-14-28-3)23-17-8-6-7-9-18(17)24-22(20)29-19;;/h6-9,16,24H,4-5,10-15H2,1-3H3;2*1H. The van der Waals surface area contributed by atoms with Crippen LogP contribution in [0.4, 0.5) is 16.4 Å². The van der Waals surface area contributed by atoms with Gasteiger partial charge in [-0.15, -0.1) is 36.2 Å². The van der Waals surface area contributed by atoms with Crippen molar-refractivity contribution >= 4 is 58.4 Å². The summed E-state index contributed by atoms with van der Waals surface area (Å²) < 4.78 is 5.34. The van der Waals surface area contributed by atoms with Crippen LogP contribution >= 0.6 is 36.2 Å². The number of aromatic nitrogens is 1. The number of methoxy groups -OCH3 is 1. The molecule has 172 valence electrons. The van der Waals surface area contributed by atoms with E-state index in [2.05, 4.69) is 47.3 Å². The summed E-state index contributed by atoms with van der Waals surface area (Å²) in [6.07, 6.45) is 4.41. The van der Waals surface area contributed by atoms with E-state index in [4.69, 9.17) is 14.7 Å². The van der Waals surface area contributed by atoms with Gasteiger partial charge in [0.05, 0.1) is 16.4 Å². The third kappa shape index (κ3) is 5.90. The first kappa shape index (κ1) is 25.9. The van der Waals surface area contributed by atoms with Crippen molar-refractivity contribution in [2.75, 3.05) is 45.7 Å². The fourth-order valence-electron chi connectivity index (χ4n) is 3.93. The Morgan fingerprint density at radius 1 is 1.23 bits per heavy atom. The Morgan fingerprint density at radius 2 is 2.03 bits per heavy atom. The maximum Gasteiger partial charge on any atom is 0.158 e. The van der Waals surface area contributed by atoms with Crippen LogP contribution in [0.2, 0.25) is 0 Å². The van der Waals surface area contributed by atoms with Gasteiger partial charge in [-0.25, -0.2) is 9.98 Å². The van der Waals surface area contributed by atoms with Crippen LogP contribution < -0.4 is 5.32 Å². The molecule has 1 aromatic carbocycles. The molecule has 0 bridgehead atoms. The molecule has 1 fully saturated rings. The first-order chi connectivity index (χ1) is 14.2. The predicted molar refractivity (Wildman–Crippen MR) is 136 cm³/mol. The average Bonchev–Trinajstić information content (AvgIpc) is 3.06.